The van der Waals surface area contributed by atoms with Gasteiger partial charge in [-0.05, 0) is 0 Å². The molecule has 1 aromatic rings. The largest absolute Gasteiger partial charge is 0.349 e. The summed E-state index contributed by atoms with van der Waals surface area (Å²) in [6.45, 7) is 4.63. The lowest BCUT2D eigenvalue weighted by atomic mass is 10.2. The van der Waals surface area contributed by atoms with Crippen molar-refractivity contribution in [3.63, 3.8) is 0 Å². The van der Waals surface area contributed by atoms with Crippen LogP contribution in [0.4, 0.5) is 5.13 Å². The van der Waals surface area contributed by atoms with E-state index in [4.69, 9.17) is 6.42 Å². The smallest absolute Gasteiger partial charge is 0.203 e. The van der Waals surface area contributed by atoms with Crippen molar-refractivity contribution in [3.8, 4) is 12.3 Å². The molecule has 0 aliphatic carbocycles. The molecule has 0 aliphatic heterocycles. The van der Waals surface area contributed by atoms with Crippen LogP contribution in [0.25, 0.3) is 0 Å². The van der Waals surface area contributed by atoms with Crippen LogP contribution in [0, 0.1) is 12.3 Å². The highest BCUT2D eigenvalue weighted by atomic mass is 32.1. The predicted molar refractivity (Wildman–Crippen MR) is 51.3 cm³/mol. The van der Waals surface area contributed by atoms with Crippen LogP contribution in [-0.2, 0) is 0 Å². The third-order valence-corrected chi connectivity index (χ3v) is 1.99. The zero-order chi connectivity index (χ0) is 8.97. The van der Waals surface area contributed by atoms with Gasteiger partial charge >= 0.3 is 0 Å². The first kappa shape index (κ1) is 9.01. The van der Waals surface area contributed by atoms with Crippen LogP contribution in [0.15, 0.2) is 0 Å². The van der Waals surface area contributed by atoms with E-state index in [1.54, 1.807) is 0 Å². The molecule has 4 heteroatoms. The van der Waals surface area contributed by atoms with Gasteiger partial charge in [0.05, 0.1) is 6.54 Å². The van der Waals surface area contributed by atoms with Crippen molar-refractivity contribution in [1.82, 2.24) is 9.36 Å². The standard InChI is InChI=1S/C8H11N3S/c1-4-5-9-8-10-7(6(2)3)11-12-8/h1,6H,5H2,2-3H3,(H,9,10,11). The van der Waals surface area contributed by atoms with E-state index < -0.39 is 0 Å². The Hall–Kier alpha value is -1.08. The molecular weight excluding hydrogens is 170 g/mol. The van der Waals surface area contributed by atoms with E-state index in [1.165, 1.54) is 11.5 Å². The summed E-state index contributed by atoms with van der Waals surface area (Å²) in [7, 11) is 0. The molecular formula is C8H11N3S. The maximum absolute atomic E-state index is 5.09. The Bertz CT molecular complexity index is 285. The van der Waals surface area contributed by atoms with Gasteiger partial charge in [-0.2, -0.15) is 4.37 Å². The molecule has 0 unspecified atom stereocenters. The molecule has 0 bridgehead atoms. The average Bonchev–Trinajstić information content (AvgIpc) is 2.48. The molecule has 0 spiro atoms. The number of nitrogens with one attached hydrogen (secondary N) is 1. The Morgan fingerprint density at radius 2 is 2.42 bits per heavy atom. The van der Waals surface area contributed by atoms with Crippen molar-refractivity contribution < 1.29 is 0 Å². The summed E-state index contributed by atoms with van der Waals surface area (Å²) < 4.78 is 4.17. The second-order valence-corrected chi connectivity index (χ2v) is 3.42. The molecule has 0 radical (unpaired) electrons. The highest BCUT2D eigenvalue weighted by Crippen LogP contribution is 2.16. The minimum Gasteiger partial charge on any atom is -0.349 e. The van der Waals surface area contributed by atoms with Crippen molar-refractivity contribution in [2.24, 2.45) is 0 Å². The van der Waals surface area contributed by atoms with Crippen molar-refractivity contribution in [2.75, 3.05) is 11.9 Å². The number of nitrogens with zero attached hydrogens (tertiary/aromatic N) is 2. The summed E-state index contributed by atoms with van der Waals surface area (Å²) in [5, 5.41) is 3.78. The Morgan fingerprint density at radius 3 is 2.92 bits per heavy atom. The van der Waals surface area contributed by atoms with Gasteiger partial charge in [-0.1, -0.05) is 19.8 Å². The second-order valence-electron chi connectivity index (χ2n) is 2.67. The highest BCUT2D eigenvalue weighted by molar-refractivity contribution is 7.09. The van der Waals surface area contributed by atoms with Gasteiger partial charge in [-0.15, -0.1) is 6.42 Å². The lowest BCUT2D eigenvalue weighted by Gasteiger charge is -1.95. The zero-order valence-corrected chi connectivity index (χ0v) is 7.98. The molecule has 0 saturated carbocycles. The van der Waals surface area contributed by atoms with Gasteiger partial charge in [-0.25, -0.2) is 4.98 Å². The highest BCUT2D eigenvalue weighted by Gasteiger charge is 2.05. The average molecular weight is 181 g/mol. The van der Waals surface area contributed by atoms with Gasteiger partial charge in [0.1, 0.15) is 5.82 Å². The maximum atomic E-state index is 5.09. The molecule has 0 fully saturated rings. The molecule has 12 heavy (non-hydrogen) atoms. The van der Waals surface area contributed by atoms with E-state index >= 15 is 0 Å². The summed E-state index contributed by atoms with van der Waals surface area (Å²) in [6.07, 6.45) is 5.09. The summed E-state index contributed by atoms with van der Waals surface area (Å²) in [4.78, 5) is 4.25. The molecule has 1 aromatic heterocycles. The van der Waals surface area contributed by atoms with Crippen LogP contribution in [0.3, 0.4) is 0 Å². The van der Waals surface area contributed by atoms with E-state index in [-0.39, 0.29) is 0 Å². The Balaban J connectivity index is 2.59. The fourth-order valence-corrected chi connectivity index (χ4v) is 1.37. The topological polar surface area (TPSA) is 37.8 Å². The number of anilines is 1. The quantitative estimate of drug-likeness (QED) is 0.721. The third-order valence-electron chi connectivity index (χ3n) is 1.30. The number of hydrogen-bond acceptors (Lipinski definition) is 4. The lowest BCUT2D eigenvalue weighted by Crippen LogP contribution is -1.98. The van der Waals surface area contributed by atoms with Crippen LogP contribution in [0.1, 0.15) is 25.6 Å². The first-order valence-corrected chi connectivity index (χ1v) is 4.52. The molecule has 0 aliphatic rings. The van der Waals surface area contributed by atoms with Gasteiger partial charge < -0.3 is 5.32 Å². The molecule has 1 heterocycles. The second kappa shape index (κ2) is 4.07. The number of terminal acetylenes is 1. The predicted octanol–water partition coefficient (Wildman–Crippen LogP) is 1.71. The zero-order valence-electron chi connectivity index (χ0n) is 7.16. The molecule has 64 valence electrons. The monoisotopic (exact) mass is 181 g/mol. The van der Waals surface area contributed by atoms with Crippen LogP contribution in [-0.4, -0.2) is 15.9 Å². The van der Waals surface area contributed by atoms with E-state index in [0.29, 0.717) is 12.5 Å². The van der Waals surface area contributed by atoms with Crippen molar-refractivity contribution in [3.05, 3.63) is 5.82 Å². The number of aromatic nitrogens is 2. The van der Waals surface area contributed by atoms with E-state index in [9.17, 15) is 0 Å². The van der Waals surface area contributed by atoms with Crippen molar-refractivity contribution in [1.29, 1.82) is 0 Å². The minimum atomic E-state index is 0.377. The van der Waals surface area contributed by atoms with Crippen LogP contribution in [0.5, 0.6) is 0 Å². The number of rotatable bonds is 3. The first-order valence-electron chi connectivity index (χ1n) is 3.75. The third kappa shape index (κ3) is 2.21. The Labute approximate surface area is 76.4 Å². The van der Waals surface area contributed by atoms with E-state index in [0.717, 1.165) is 11.0 Å². The molecule has 3 nitrogen and oxygen atoms in total. The van der Waals surface area contributed by atoms with Gasteiger partial charge in [0.25, 0.3) is 0 Å². The van der Waals surface area contributed by atoms with Gasteiger partial charge in [0.15, 0.2) is 0 Å². The molecule has 0 amide bonds. The van der Waals surface area contributed by atoms with Crippen LogP contribution in [0.2, 0.25) is 0 Å². The maximum Gasteiger partial charge on any atom is 0.203 e. The van der Waals surface area contributed by atoms with Gasteiger partial charge in [0, 0.05) is 17.5 Å². The summed E-state index contributed by atoms with van der Waals surface area (Å²) in [5.74, 6) is 3.73. The van der Waals surface area contributed by atoms with Crippen molar-refractivity contribution in [2.45, 2.75) is 19.8 Å². The molecule has 1 N–H and O–H groups in total. The summed E-state index contributed by atoms with van der Waals surface area (Å²) in [5.41, 5.74) is 0. The van der Waals surface area contributed by atoms with Gasteiger partial charge in [0.2, 0.25) is 5.13 Å². The molecule has 0 atom stereocenters. The first-order chi connectivity index (χ1) is 5.74. The van der Waals surface area contributed by atoms with E-state index in [2.05, 4.69) is 34.4 Å². The SMILES string of the molecule is C#CCNc1nc(C(C)C)ns1. The Kier molecular flexibility index (Phi) is 3.06. The lowest BCUT2D eigenvalue weighted by molar-refractivity contribution is 0.799. The minimum absolute atomic E-state index is 0.377. The number of hydrogen-bond donors (Lipinski definition) is 1. The summed E-state index contributed by atoms with van der Waals surface area (Å²) >= 11 is 1.35. The fraction of sp³-hybridized carbons (Fsp3) is 0.500. The van der Waals surface area contributed by atoms with Crippen LogP contribution >= 0.6 is 11.5 Å². The Morgan fingerprint density at radius 1 is 1.67 bits per heavy atom. The van der Waals surface area contributed by atoms with Gasteiger partial charge in [-0.3, -0.25) is 0 Å². The molecule has 0 aromatic carbocycles. The normalized spacial score (nSPS) is 9.83. The molecule has 1 rings (SSSR count). The van der Waals surface area contributed by atoms with Crippen LogP contribution < -0.4 is 5.32 Å². The van der Waals surface area contributed by atoms with E-state index in [1.807, 2.05) is 0 Å². The fourth-order valence-electron chi connectivity index (χ4n) is 0.668. The summed E-state index contributed by atoms with van der Waals surface area (Å²) in [6, 6.07) is 0. The van der Waals surface area contributed by atoms with Crippen molar-refractivity contribution >= 4 is 16.7 Å². The molecule has 0 saturated heterocycles.